The average Bonchev–Trinajstić information content (AvgIpc) is 3.11. The number of amides is 2. The fourth-order valence-corrected chi connectivity index (χ4v) is 2.95. The molecule has 1 aromatic carbocycles. The number of nitro groups is 1. The number of nitrogens with one attached hydrogen (secondary N) is 1. The first-order chi connectivity index (χ1) is 13.0. The van der Waals surface area contributed by atoms with Crippen LogP contribution in [0.15, 0.2) is 53.1 Å². The van der Waals surface area contributed by atoms with Crippen LogP contribution < -0.4 is 5.32 Å². The maximum absolute atomic E-state index is 12.4. The van der Waals surface area contributed by atoms with E-state index >= 15 is 0 Å². The van der Waals surface area contributed by atoms with Gasteiger partial charge in [-0.3, -0.25) is 24.7 Å². The van der Waals surface area contributed by atoms with Crippen LogP contribution in [0.2, 0.25) is 0 Å². The Balaban J connectivity index is 1.39. The van der Waals surface area contributed by atoms with E-state index in [1.165, 1.54) is 11.0 Å². The van der Waals surface area contributed by atoms with Crippen molar-refractivity contribution < 1.29 is 18.9 Å². The van der Waals surface area contributed by atoms with E-state index in [1.807, 2.05) is 24.3 Å². The van der Waals surface area contributed by atoms with Gasteiger partial charge < -0.3 is 14.6 Å². The molecule has 0 bridgehead atoms. The summed E-state index contributed by atoms with van der Waals surface area (Å²) in [7, 11) is 0. The molecule has 9 nitrogen and oxygen atoms in total. The lowest BCUT2D eigenvalue weighted by atomic mass is 9.98. The molecule has 0 radical (unpaired) electrons. The Labute approximate surface area is 152 Å². The van der Waals surface area contributed by atoms with Gasteiger partial charge in [0.2, 0.25) is 5.91 Å². The van der Waals surface area contributed by atoms with Gasteiger partial charge in [-0.05, 0) is 18.2 Å². The van der Waals surface area contributed by atoms with Crippen molar-refractivity contribution >= 4 is 34.3 Å². The third kappa shape index (κ3) is 3.10. The van der Waals surface area contributed by atoms with Crippen molar-refractivity contribution in [1.82, 2.24) is 9.88 Å². The maximum Gasteiger partial charge on any atom is 0.433 e. The summed E-state index contributed by atoms with van der Waals surface area (Å²) in [6.07, 6.45) is 1.66. The predicted octanol–water partition coefficient (Wildman–Crippen LogP) is 2.45. The number of rotatable bonds is 4. The highest BCUT2D eigenvalue weighted by Crippen LogP contribution is 2.25. The van der Waals surface area contributed by atoms with Crippen molar-refractivity contribution in [2.75, 3.05) is 18.4 Å². The van der Waals surface area contributed by atoms with Crippen LogP contribution in [0.25, 0.3) is 10.9 Å². The summed E-state index contributed by atoms with van der Waals surface area (Å²) in [5.41, 5.74) is 1.31. The zero-order valence-corrected chi connectivity index (χ0v) is 14.0. The van der Waals surface area contributed by atoms with Gasteiger partial charge in [-0.1, -0.05) is 18.2 Å². The van der Waals surface area contributed by atoms with E-state index in [9.17, 15) is 19.7 Å². The second kappa shape index (κ2) is 6.52. The van der Waals surface area contributed by atoms with Crippen molar-refractivity contribution in [1.29, 1.82) is 0 Å². The zero-order valence-electron chi connectivity index (χ0n) is 14.0. The number of para-hydroxylation sites is 1. The van der Waals surface area contributed by atoms with Gasteiger partial charge in [0.25, 0.3) is 5.91 Å². The standard InChI is InChI=1S/C18H14N4O5/c23-17(20-13-5-1-3-11-4-2-8-19-16(11)13)12-9-21(10-12)18(24)14-6-7-15(27-14)22(25)26/h1-8,12H,9-10H2,(H,20,23). The average molecular weight is 366 g/mol. The molecule has 0 atom stereocenters. The van der Waals surface area contributed by atoms with E-state index in [0.29, 0.717) is 11.2 Å². The van der Waals surface area contributed by atoms with E-state index in [0.717, 1.165) is 11.5 Å². The first-order valence-electron chi connectivity index (χ1n) is 8.21. The SMILES string of the molecule is O=C(Nc1cccc2cccnc12)C1CN(C(=O)c2ccc([N+](=O)[O-])o2)C1. The van der Waals surface area contributed by atoms with Crippen molar-refractivity contribution in [2.24, 2.45) is 5.92 Å². The minimum atomic E-state index is -0.707. The molecule has 1 N–H and O–H groups in total. The molecule has 136 valence electrons. The second-order valence-corrected chi connectivity index (χ2v) is 6.17. The molecule has 0 spiro atoms. The van der Waals surface area contributed by atoms with Gasteiger partial charge in [0.15, 0.2) is 5.76 Å². The third-order valence-corrected chi connectivity index (χ3v) is 4.41. The molecule has 0 unspecified atom stereocenters. The first kappa shape index (κ1) is 16.7. The molecule has 0 saturated carbocycles. The minimum Gasteiger partial charge on any atom is -0.395 e. The van der Waals surface area contributed by atoms with Crippen molar-refractivity contribution in [3.05, 3.63) is 64.5 Å². The van der Waals surface area contributed by atoms with E-state index in [4.69, 9.17) is 4.42 Å². The van der Waals surface area contributed by atoms with Crippen molar-refractivity contribution in [3.63, 3.8) is 0 Å². The van der Waals surface area contributed by atoms with Crippen LogP contribution in [0.5, 0.6) is 0 Å². The number of benzene rings is 1. The van der Waals surface area contributed by atoms with Crippen molar-refractivity contribution in [2.45, 2.75) is 0 Å². The molecule has 1 fully saturated rings. The van der Waals surface area contributed by atoms with Crippen LogP contribution in [-0.2, 0) is 4.79 Å². The molecule has 4 rings (SSSR count). The highest BCUT2D eigenvalue weighted by molar-refractivity contribution is 6.02. The highest BCUT2D eigenvalue weighted by atomic mass is 16.6. The third-order valence-electron chi connectivity index (χ3n) is 4.41. The Hall–Kier alpha value is -3.75. The monoisotopic (exact) mass is 366 g/mol. The number of fused-ring (bicyclic) bond motifs is 1. The number of nitrogens with zero attached hydrogens (tertiary/aromatic N) is 3. The fourth-order valence-electron chi connectivity index (χ4n) is 2.95. The Kier molecular flexibility index (Phi) is 4.03. The second-order valence-electron chi connectivity index (χ2n) is 6.17. The van der Waals surface area contributed by atoms with E-state index in [-0.39, 0.29) is 30.7 Å². The van der Waals surface area contributed by atoms with Gasteiger partial charge >= 0.3 is 5.88 Å². The zero-order chi connectivity index (χ0) is 19.0. The summed E-state index contributed by atoms with van der Waals surface area (Å²) in [6.45, 7) is 0.439. The molecule has 2 amide bonds. The van der Waals surface area contributed by atoms with Gasteiger partial charge in [0.1, 0.15) is 4.92 Å². The number of anilines is 1. The van der Waals surface area contributed by atoms with Crippen molar-refractivity contribution in [3.8, 4) is 0 Å². The number of furan rings is 1. The number of carbonyl (C=O) groups is 2. The Morgan fingerprint density at radius 2 is 1.96 bits per heavy atom. The quantitative estimate of drug-likeness (QED) is 0.559. The molecule has 27 heavy (non-hydrogen) atoms. The fraction of sp³-hybridized carbons (Fsp3) is 0.167. The molecule has 1 aliphatic heterocycles. The maximum atomic E-state index is 12.4. The van der Waals surface area contributed by atoms with Gasteiger partial charge in [-0.15, -0.1) is 0 Å². The number of likely N-dealkylation sites (tertiary alicyclic amines) is 1. The first-order valence-corrected chi connectivity index (χ1v) is 8.21. The highest BCUT2D eigenvalue weighted by Gasteiger charge is 2.37. The Morgan fingerprint density at radius 3 is 2.70 bits per heavy atom. The lowest BCUT2D eigenvalue weighted by Gasteiger charge is -2.37. The number of hydrogen-bond acceptors (Lipinski definition) is 6. The van der Waals surface area contributed by atoms with Gasteiger partial charge in [0, 0.05) is 24.7 Å². The molecular formula is C18H14N4O5. The molecule has 0 aliphatic carbocycles. The lowest BCUT2D eigenvalue weighted by molar-refractivity contribution is -0.402. The summed E-state index contributed by atoms with van der Waals surface area (Å²) in [5.74, 6) is -1.64. The number of carbonyl (C=O) groups excluding carboxylic acids is 2. The van der Waals surface area contributed by atoms with Crippen LogP contribution >= 0.6 is 0 Å². The van der Waals surface area contributed by atoms with Gasteiger partial charge in [-0.2, -0.15) is 0 Å². The van der Waals surface area contributed by atoms with Crippen LogP contribution in [0, 0.1) is 16.0 Å². The summed E-state index contributed by atoms with van der Waals surface area (Å²) in [6, 6.07) is 11.6. The number of pyridine rings is 1. The molecule has 3 aromatic rings. The Bertz CT molecular complexity index is 1050. The Morgan fingerprint density at radius 1 is 1.19 bits per heavy atom. The van der Waals surface area contributed by atoms with E-state index < -0.39 is 16.7 Å². The molecular weight excluding hydrogens is 352 g/mol. The smallest absolute Gasteiger partial charge is 0.395 e. The molecule has 2 aromatic heterocycles. The number of hydrogen-bond donors (Lipinski definition) is 1. The molecule has 1 aliphatic rings. The van der Waals surface area contributed by atoms with Crippen LogP contribution in [0.4, 0.5) is 11.6 Å². The summed E-state index contributed by atoms with van der Waals surface area (Å²) in [4.78, 5) is 40.3. The predicted molar refractivity (Wildman–Crippen MR) is 95.1 cm³/mol. The lowest BCUT2D eigenvalue weighted by Crippen LogP contribution is -2.54. The summed E-state index contributed by atoms with van der Waals surface area (Å²) < 4.78 is 4.90. The van der Waals surface area contributed by atoms with Crippen LogP contribution in [0.1, 0.15) is 10.6 Å². The van der Waals surface area contributed by atoms with Crippen LogP contribution in [-0.4, -0.2) is 39.7 Å². The molecule has 3 heterocycles. The topological polar surface area (TPSA) is 119 Å². The summed E-state index contributed by atoms with van der Waals surface area (Å²) in [5, 5.41) is 14.4. The molecule has 9 heteroatoms. The van der Waals surface area contributed by atoms with E-state index in [1.54, 1.807) is 12.3 Å². The normalized spacial score (nSPS) is 14.0. The van der Waals surface area contributed by atoms with Gasteiger partial charge in [0.05, 0.1) is 23.2 Å². The summed E-state index contributed by atoms with van der Waals surface area (Å²) >= 11 is 0. The van der Waals surface area contributed by atoms with E-state index in [2.05, 4.69) is 10.3 Å². The van der Waals surface area contributed by atoms with Crippen LogP contribution in [0.3, 0.4) is 0 Å². The largest absolute Gasteiger partial charge is 0.433 e. The number of aromatic nitrogens is 1. The molecule has 1 saturated heterocycles. The minimum absolute atomic E-state index is 0.112. The van der Waals surface area contributed by atoms with Gasteiger partial charge in [-0.25, -0.2) is 0 Å².